The lowest BCUT2D eigenvalue weighted by molar-refractivity contribution is -0.114. The summed E-state index contributed by atoms with van der Waals surface area (Å²) >= 11 is 0. The van der Waals surface area contributed by atoms with Crippen LogP contribution in [0.15, 0.2) is 24.5 Å². The Labute approximate surface area is 197 Å². The van der Waals surface area contributed by atoms with E-state index in [2.05, 4.69) is 27.9 Å². The second kappa shape index (κ2) is 8.33. The van der Waals surface area contributed by atoms with Crippen molar-refractivity contribution in [2.75, 3.05) is 44.8 Å². The van der Waals surface area contributed by atoms with E-state index in [9.17, 15) is 4.79 Å². The summed E-state index contributed by atoms with van der Waals surface area (Å²) in [5.74, 6) is 1.77. The van der Waals surface area contributed by atoms with Crippen LogP contribution in [0, 0.1) is 5.92 Å². The van der Waals surface area contributed by atoms with Crippen LogP contribution in [0.3, 0.4) is 0 Å². The highest BCUT2D eigenvalue weighted by Gasteiger charge is 2.44. The van der Waals surface area contributed by atoms with E-state index in [0.717, 1.165) is 65.1 Å². The number of nitrogens with one attached hydrogen (secondary N) is 2. The van der Waals surface area contributed by atoms with Gasteiger partial charge in [-0.25, -0.2) is 9.97 Å². The van der Waals surface area contributed by atoms with Gasteiger partial charge in [0.25, 0.3) is 0 Å². The average Bonchev–Trinajstić information content (AvgIpc) is 3.38. The van der Waals surface area contributed by atoms with Gasteiger partial charge in [0.1, 0.15) is 17.2 Å². The third kappa shape index (κ3) is 3.64. The fraction of sp³-hybridized carbons (Fsp3) is 0.480. The van der Waals surface area contributed by atoms with E-state index in [4.69, 9.17) is 19.2 Å². The molecule has 2 saturated heterocycles. The highest BCUT2D eigenvalue weighted by atomic mass is 16.6. The van der Waals surface area contributed by atoms with E-state index in [-0.39, 0.29) is 5.91 Å². The SMILES string of the molecule is CC(=O)Nc1cc2c(-c3cc(OCC4CNC4)c4c(n3)C3(CCOC3)OCC4)cn(C)c2cn1. The molecule has 1 spiro atoms. The predicted octanol–water partition coefficient (Wildman–Crippen LogP) is 2.38. The number of carbonyl (C=O) groups is 1. The molecule has 1 amide bonds. The molecule has 3 aromatic heterocycles. The van der Waals surface area contributed by atoms with Gasteiger partial charge < -0.3 is 29.4 Å². The topological polar surface area (TPSA) is 99.5 Å². The molecule has 0 radical (unpaired) electrons. The van der Waals surface area contributed by atoms with Gasteiger partial charge in [0.15, 0.2) is 0 Å². The number of ether oxygens (including phenoxy) is 3. The van der Waals surface area contributed by atoms with Crippen LogP contribution in [-0.2, 0) is 33.3 Å². The van der Waals surface area contributed by atoms with Gasteiger partial charge >= 0.3 is 0 Å². The number of anilines is 1. The zero-order chi connectivity index (χ0) is 23.3. The summed E-state index contributed by atoms with van der Waals surface area (Å²) in [6.45, 7) is 5.95. The minimum absolute atomic E-state index is 0.155. The number of hydrogen-bond donors (Lipinski definition) is 2. The van der Waals surface area contributed by atoms with Crippen LogP contribution in [0.1, 0.15) is 24.6 Å². The monoisotopic (exact) mass is 463 g/mol. The van der Waals surface area contributed by atoms with E-state index in [1.165, 1.54) is 6.92 Å². The normalized spacial score (nSPS) is 22.1. The fourth-order valence-electron chi connectivity index (χ4n) is 5.10. The van der Waals surface area contributed by atoms with Crippen molar-refractivity contribution in [3.8, 4) is 17.0 Å². The molecule has 0 bridgehead atoms. The highest BCUT2D eigenvalue weighted by Crippen LogP contribution is 2.44. The average molecular weight is 464 g/mol. The Hall–Kier alpha value is -3.01. The third-order valence-corrected chi connectivity index (χ3v) is 7.03. The van der Waals surface area contributed by atoms with Gasteiger partial charge in [-0.1, -0.05) is 0 Å². The summed E-state index contributed by atoms with van der Waals surface area (Å²) < 4.78 is 20.5. The van der Waals surface area contributed by atoms with Crippen molar-refractivity contribution < 1.29 is 19.0 Å². The second-order valence-electron chi connectivity index (χ2n) is 9.48. The van der Waals surface area contributed by atoms with E-state index in [0.29, 0.717) is 38.2 Å². The molecule has 6 heterocycles. The molecule has 9 heteroatoms. The van der Waals surface area contributed by atoms with E-state index >= 15 is 0 Å². The molecule has 1 unspecified atom stereocenters. The maximum atomic E-state index is 11.6. The zero-order valence-electron chi connectivity index (χ0n) is 19.5. The predicted molar refractivity (Wildman–Crippen MR) is 127 cm³/mol. The molecular formula is C25H29N5O4. The van der Waals surface area contributed by atoms with Crippen LogP contribution in [0.2, 0.25) is 0 Å². The lowest BCUT2D eigenvalue weighted by atomic mass is 9.89. The number of hydrogen-bond acceptors (Lipinski definition) is 7. The van der Waals surface area contributed by atoms with Crippen LogP contribution < -0.4 is 15.4 Å². The smallest absolute Gasteiger partial charge is 0.222 e. The molecule has 6 rings (SSSR count). The molecule has 34 heavy (non-hydrogen) atoms. The van der Waals surface area contributed by atoms with Gasteiger partial charge in [0.05, 0.1) is 42.9 Å². The molecule has 3 aliphatic rings. The van der Waals surface area contributed by atoms with Gasteiger partial charge in [-0.3, -0.25) is 4.79 Å². The molecule has 2 N–H and O–H groups in total. The Bertz CT molecular complexity index is 1260. The van der Waals surface area contributed by atoms with E-state index in [1.54, 1.807) is 6.20 Å². The van der Waals surface area contributed by atoms with Crippen molar-refractivity contribution in [3.05, 3.63) is 35.8 Å². The minimum Gasteiger partial charge on any atom is -0.493 e. The molecule has 9 nitrogen and oxygen atoms in total. The largest absolute Gasteiger partial charge is 0.493 e. The van der Waals surface area contributed by atoms with Crippen molar-refractivity contribution >= 4 is 22.6 Å². The lowest BCUT2D eigenvalue weighted by Crippen LogP contribution is -2.45. The Balaban J connectivity index is 1.49. The summed E-state index contributed by atoms with van der Waals surface area (Å²) in [7, 11) is 1.99. The Morgan fingerprint density at radius 3 is 2.97 bits per heavy atom. The van der Waals surface area contributed by atoms with Gasteiger partial charge in [-0.15, -0.1) is 0 Å². The first-order valence-electron chi connectivity index (χ1n) is 11.8. The molecule has 178 valence electrons. The lowest BCUT2D eigenvalue weighted by Gasteiger charge is -2.35. The highest BCUT2D eigenvalue weighted by molar-refractivity contribution is 5.98. The van der Waals surface area contributed by atoms with Crippen LogP contribution >= 0.6 is 0 Å². The Morgan fingerprint density at radius 1 is 1.35 bits per heavy atom. The molecule has 3 aromatic rings. The summed E-state index contributed by atoms with van der Waals surface area (Å²) in [5.41, 5.74) is 4.29. The first kappa shape index (κ1) is 21.5. The van der Waals surface area contributed by atoms with Crippen molar-refractivity contribution in [2.45, 2.75) is 25.4 Å². The molecule has 3 aliphatic heterocycles. The third-order valence-electron chi connectivity index (χ3n) is 7.03. The maximum Gasteiger partial charge on any atom is 0.222 e. The zero-order valence-corrected chi connectivity index (χ0v) is 19.5. The van der Waals surface area contributed by atoms with Crippen LogP contribution in [0.25, 0.3) is 22.2 Å². The molecule has 1 atom stereocenters. The molecule has 2 fully saturated rings. The number of carbonyl (C=O) groups excluding carboxylic acids is 1. The van der Waals surface area contributed by atoms with Crippen LogP contribution in [-0.4, -0.2) is 60.0 Å². The maximum absolute atomic E-state index is 11.6. The number of fused-ring (bicyclic) bond motifs is 3. The summed E-state index contributed by atoms with van der Waals surface area (Å²) in [6, 6.07) is 3.96. The minimum atomic E-state index is -0.521. The number of rotatable bonds is 5. The van der Waals surface area contributed by atoms with Crippen LogP contribution in [0.4, 0.5) is 5.82 Å². The van der Waals surface area contributed by atoms with Gasteiger partial charge in [-0.05, 0) is 6.07 Å². The van der Waals surface area contributed by atoms with Crippen molar-refractivity contribution in [2.24, 2.45) is 13.0 Å². The molecular weight excluding hydrogens is 434 g/mol. The molecule has 0 aliphatic carbocycles. The number of aromatic nitrogens is 3. The number of amides is 1. The van der Waals surface area contributed by atoms with Gasteiger partial charge in [0.2, 0.25) is 5.91 Å². The van der Waals surface area contributed by atoms with E-state index < -0.39 is 5.60 Å². The summed E-state index contributed by atoms with van der Waals surface area (Å²) in [5, 5.41) is 7.06. The van der Waals surface area contributed by atoms with Gasteiger partial charge in [-0.2, -0.15) is 0 Å². The second-order valence-corrected chi connectivity index (χ2v) is 9.48. The van der Waals surface area contributed by atoms with Crippen molar-refractivity contribution in [1.82, 2.24) is 19.9 Å². The first-order valence-corrected chi connectivity index (χ1v) is 11.8. The standard InChI is InChI=1S/C25H29N5O4/c1-15(31)28-23-7-18-19(12-30(2)21(18)11-27-23)20-8-22(33-13-16-9-26-10-16)17-3-5-34-25(24(17)29-20)4-6-32-14-25/h7-8,11-12,16,26H,3-6,9-10,13-14H2,1-2H3,(H,27,28,31). The summed E-state index contributed by atoms with van der Waals surface area (Å²) in [4.78, 5) is 21.2. The van der Waals surface area contributed by atoms with Gasteiger partial charge in [0, 0.05) is 81.2 Å². The first-order chi connectivity index (χ1) is 16.5. The molecule has 0 saturated carbocycles. The number of nitrogens with zero attached hydrogens (tertiary/aromatic N) is 3. The Kier molecular flexibility index (Phi) is 5.28. The van der Waals surface area contributed by atoms with Crippen molar-refractivity contribution in [3.63, 3.8) is 0 Å². The quantitative estimate of drug-likeness (QED) is 0.599. The number of pyridine rings is 2. The Morgan fingerprint density at radius 2 is 2.24 bits per heavy atom. The molecule has 0 aromatic carbocycles. The van der Waals surface area contributed by atoms with Crippen molar-refractivity contribution in [1.29, 1.82) is 0 Å². The van der Waals surface area contributed by atoms with E-state index in [1.807, 2.05) is 17.7 Å². The number of aryl methyl sites for hydroxylation is 1. The fourth-order valence-corrected chi connectivity index (χ4v) is 5.10. The summed E-state index contributed by atoms with van der Waals surface area (Å²) in [6.07, 6.45) is 5.39. The van der Waals surface area contributed by atoms with Crippen LogP contribution in [0.5, 0.6) is 5.75 Å².